The first-order valence-corrected chi connectivity index (χ1v) is 12.6. The molecule has 1 N–H and O–H groups in total. The van der Waals surface area contributed by atoms with E-state index in [9.17, 15) is 18.0 Å². The highest BCUT2D eigenvalue weighted by Gasteiger charge is 2.29. The summed E-state index contributed by atoms with van der Waals surface area (Å²) in [6, 6.07) is 13.0. The average molecular weight is 471 g/mol. The van der Waals surface area contributed by atoms with E-state index in [1.807, 2.05) is 0 Å². The predicted octanol–water partition coefficient (Wildman–Crippen LogP) is 4.47. The number of ether oxygens (including phenoxy) is 1. The lowest BCUT2D eigenvalue weighted by atomic mass is 9.96. The number of carbonyl (C=O) groups is 2. The van der Waals surface area contributed by atoms with Crippen molar-refractivity contribution in [2.45, 2.75) is 50.0 Å². The van der Waals surface area contributed by atoms with Crippen molar-refractivity contribution in [3.8, 4) is 0 Å². The van der Waals surface area contributed by atoms with Crippen LogP contribution in [0.2, 0.25) is 0 Å². The van der Waals surface area contributed by atoms with E-state index >= 15 is 0 Å². The lowest BCUT2D eigenvalue weighted by molar-refractivity contribution is -0.137. The first kappa shape index (κ1) is 24.7. The zero-order chi connectivity index (χ0) is 23.8. The minimum absolute atomic E-state index is 0.0295. The van der Waals surface area contributed by atoms with E-state index < -0.39 is 16.0 Å². The molecule has 7 nitrogen and oxygen atoms in total. The van der Waals surface area contributed by atoms with E-state index in [0.29, 0.717) is 17.9 Å². The lowest BCUT2D eigenvalue weighted by Gasteiger charge is -2.30. The number of hydrogen-bond donors (Lipinski definition) is 1. The fourth-order valence-corrected chi connectivity index (χ4v) is 5.24. The van der Waals surface area contributed by atoms with Gasteiger partial charge in [0.2, 0.25) is 10.0 Å². The predicted molar refractivity (Wildman–Crippen MR) is 128 cm³/mol. The van der Waals surface area contributed by atoms with Crippen molar-refractivity contribution >= 4 is 33.7 Å². The van der Waals surface area contributed by atoms with Crippen LogP contribution in [0.3, 0.4) is 0 Å². The summed E-state index contributed by atoms with van der Waals surface area (Å²) < 4.78 is 32.2. The van der Waals surface area contributed by atoms with Gasteiger partial charge in [-0.3, -0.25) is 4.79 Å². The highest BCUT2D eigenvalue weighted by atomic mass is 32.2. The average Bonchev–Trinajstić information content (AvgIpc) is 2.84. The molecule has 0 atom stereocenters. The Morgan fingerprint density at radius 3 is 2.27 bits per heavy atom. The molecular formula is C25H30N2O5S. The standard InChI is InChI=1S/C25H30N2O5S/c1-3-32-24(28)18-11-19-9-14-21(15-10-19)26-25(29)20-12-16-23(17-13-20)33(30,31)27(2)22-7-5-4-6-8-22/h9-18,22H,3-8H2,1-2H3,(H,26,29). The van der Waals surface area contributed by atoms with E-state index in [1.54, 1.807) is 44.3 Å². The van der Waals surface area contributed by atoms with Crippen molar-refractivity contribution < 1.29 is 22.7 Å². The number of nitrogens with zero attached hydrogens (tertiary/aromatic N) is 1. The summed E-state index contributed by atoms with van der Waals surface area (Å²) in [4.78, 5) is 24.2. The number of rotatable bonds is 8. The van der Waals surface area contributed by atoms with E-state index in [-0.39, 0.29) is 16.8 Å². The van der Waals surface area contributed by atoms with Crippen LogP contribution in [-0.4, -0.2) is 44.3 Å². The summed E-state index contributed by atoms with van der Waals surface area (Å²) in [7, 11) is -1.96. The highest BCUT2D eigenvalue weighted by molar-refractivity contribution is 7.89. The zero-order valence-electron chi connectivity index (χ0n) is 19.0. The van der Waals surface area contributed by atoms with Gasteiger partial charge in [0.05, 0.1) is 11.5 Å². The zero-order valence-corrected chi connectivity index (χ0v) is 19.8. The molecule has 0 heterocycles. The van der Waals surface area contributed by atoms with Gasteiger partial charge in [0, 0.05) is 30.4 Å². The Hall–Kier alpha value is -2.97. The third-order valence-corrected chi connectivity index (χ3v) is 7.67. The summed E-state index contributed by atoms with van der Waals surface area (Å²) in [5, 5.41) is 2.79. The molecule has 2 aromatic rings. The molecule has 1 aliphatic rings. The maximum absolute atomic E-state index is 13.0. The number of hydrogen-bond acceptors (Lipinski definition) is 5. The normalized spacial score (nSPS) is 15.0. The molecule has 0 aromatic heterocycles. The minimum Gasteiger partial charge on any atom is -0.463 e. The molecule has 8 heteroatoms. The Morgan fingerprint density at radius 2 is 1.67 bits per heavy atom. The molecule has 1 saturated carbocycles. The number of amides is 1. The van der Waals surface area contributed by atoms with Crippen molar-refractivity contribution in [1.29, 1.82) is 0 Å². The van der Waals surface area contributed by atoms with Crippen molar-refractivity contribution in [1.82, 2.24) is 4.31 Å². The van der Waals surface area contributed by atoms with Crippen LogP contribution in [0.25, 0.3) is 6.08 Å². The quantitative estimate of drug-likeness (QED) is 0.454. The molecule has 1 amide bonds. The van der Waals surface area contributed by atoms with E-state index in [0.717, 1.165) is 37.7 Å². The number of anilines is 1. The molecule has 0 unspecified atom stereocenters. The van der Waals surface area contributed by atoms with Gasteiger partial charge in [0.1, 0.15) is 0 Å². The first-order valence-electron chi connectivity index (χ1n) is 11.2. The van der Waals surface area contributed by atoms with Crippen LogP contribution in [0, 0.1) is 0 Å². The Morgan fingerprint density at radius 1 is 1.03 bits per heavy atom. The third-order valence-electron chi connectivity index (χ3n) is 5.75. The maximum Gasteiger partial charge on any atom is 0.330 e. The number of nitrogens with one attached hydrogen (secondary N) is 1. The van der Waals surface area contributed by atoms with Gasteiger partial charge < -0.3 is 10.1 Å². The smallest absolute Gasteiger partial charge is 0.330 e. The van der Waals surface area contributed by atoms with Gasteiger partial charge in [-0.05, 0) is 67.8 Å². The summed E-state index contributed by atoms with van der Waals surface area (Å²) in [5.41, 5.74) is 1.74. The summed E-state index contributed by atoms with van der Waals surface area (Å²) in [6.45, 7) is 2.06. The Kier molecular flexibility index (Phi) is 8.41. The number of benzene rings is 2. The fraction of sp³-hybridized carbons (Fsp3) is 0.360. The molecule has 33 heavy (non-hydrogen) atoms. The Labute approximate surface area is 195 Å². The molecule has 0 aliphatic heterocycles. The van der Waals surface area contributed by atoms with Crippen molar-refractivity contribution in [2.24, 2.45) is 0 Å². The third kappa shape index (κ3) is 6.52. The van der Waals surface area contributed by atoms with Crippen LogP contribution >= 0.6 is 0 Å². The minimum atomic E-state index is -3.60. The van der Waals surface area contributed by atoms with Crippen molar-refractivity contribution in [3.63, 3.8) is 0 Å². The largest absolute Gasteiger partial charge is 0.463 e. The summed E-state index contributed by atoms with van der Waals surface area (Å²) in [5.74, 6) is -0.750. The summed E-state index contributed by atoms with van der Waals surface area (Å²) >= 11 is 0. The molecule has 0 radical (unpaired) electrons. The molecule has 0 bridgehead atoms. The van der Waals surface area contributed by atoms with Crippen LogP contribution < -0.4 is 5.32 Å². The Balaban J connectivity index is 1.62. The van der Waals surface area contributed by atoms with Crippen LogP contribution in [0.5, 0.6) is 0 Å². The van der Waals surface area contributed by atoms with Gasteiger partial charge in [-0.1, -0.05) is 31.4 Å². The number of carbonyl (C=O) groups excluding carboxylic acids is 2. The van der Waals surface area contributed by atoms with Gasteiger partial charge in [0.15, 0.2) is 0 Å². The van der Waals surface area contributed by atoms with Gasteiger partial charge in [0.25, 0.3) is 5.91 Å². The Bertz CT molecular complexity index is 1090. The van der Waals surface area contributed by atoms with Crippen molar-refractivity contribution in [2.75, 3.05) is 19.0 Å². The van der Waals surface area contributed by atoms with E-state index in [2.05, 4.69) is 5.32 Å². The first-order chi connectivity index (χ1) is 15.8. The van der Waals surface area contributed by atoms with Crippen LogP contribution in [0.15, 0.2) is 59.5 Å². The molecular weight excluding hydrogens is 440 g/mol. The molecule has 0 spiro atoms. The van der Waals surface area contributed by atoms with Gasteiger partial charge >= 0.3 is 5.97 Å². The second-order valence-electron chi connectivity index (χ2n) is 8.00. The molecule has 1 aliphatic carbocycles. The van der Waals surface area contributed by atoms with Gasteiger partial charge in [-0.15, -0.1) is 0 Å². The van der Waals surface area contributed by atoms with Gasteiger partial charge in [-0.2, -0.15) is 4.31 Å². The van der Waals surface area contributed by atoms with E-state index in [4.69, 9.17) is 4.74 Å². The molecule has 3 rings (SSSR count). The summed E-state index contributed by atoms with van der Waals surface area (Å²) in [6.07, 6.45) is 7.99. The SMILES string of the molecule is CCOC(=O)C=Cc1ccc(NC(=O)c2ccc(S(=O)(=O)N(C)C3CCCCC3)cc2)cc1. The van der Waals surface area contributed by atoms with Gasteiger partial charge in [-0.25, -0.2) is 13.2 Å². The molecule has 0 saturated heterocycles. The fourth-order valence-electron chi connectivity index (χ4n) is 3.82. The molecule has 2 aromatic carbocycles. The topological polar surface area (TPSA) is 92.8 Å². The van der Waals surface area contributed by atoms with E-state index in [1.165, 1.54) is 34.6 Å². The lowest BCUT2D eigenvalue weighted by Crippen LogP contribution is -2.38. The van der Waals surface area contributed by atoms with Crippen LogP contribution in [0.1, 0.15) is 54.9 Å². The second-order valence-corrected chi connectivity index (χ2v) is 10.00. The maximum atomic E-state index is 13.0. The molecule has 1 fully saturated rings. The number of esters is 1. The van der Waals surface area contributed by atoms with Crippen LogP contribution in [0.4, 0.5) is 5.69 Å². The second kappa shape index (κ2) is 11.2. The monoisotopic (exact) mass is 470 g/mol. The van der Waals surface area contributed by atoms with Crippen molar-refractivity contribution in [3.05, 3.63) is 65.7 Å². The molecule has 176 valence electrons. The number of sulfonamides is 1. The highest BCUT2D eigenvalue weighted by Crippen LogP contribution is 2.26. The van der Waals surface area contributed by atoms with Crippen LogP contribution in [-0.2, 0) is 19.6 Å².